The van der Waals surface area contributed by atoms with Crippen LogP contribution in [0.4, 0.5) is 0 Å². The summed E-state index contributed by atoms with van der Waals surface area (Å²) in [6.45, 7) is 9.29. The van der Waals surface area contributed by atoms with Gasteiger partial charge in [-0.2, -0.15) is 5.10 Å². The van der Waals surface area contributed by atoms with Gasteiger partial charge in [0.2, 0.25) is 5.88 Å². The van der Waals surface area contributed by atoms with Gasteiger partial charge in [-0.3, -0.25) is 0 Å². The fourth-order valence-corrected chi connectivity index (χ4v) is 2.61. The van der Waals surface area contributed by atoms with E-state index >= 15 is 0 Å². The van der Waals surface area contributed by atoms with Crippen molar-refractivity contribution in [3.63, 3.8) is 0 Å². The molecule has 0 fully saturated rings. The Labute approximate surface area is 133 Å². The molecule has 1 heterocycles. The highest BCUT2D eigenvalue weighted by atomic mass is 16.5. The Morgan fingerprint density at radius 1 is 1.18 bits per heavy atom. The molecule has 4 nitrogen and oxygen atoms in total. The number of rotatable bonds is 5. The maximum atomic E-state index is 5.69. The van der Waals surface area contributed by atoms with Crippen LogP contribution in [0.3, 0.4) is 0 Å². The third-order valence-corrected chi connectivity index (χ3v) is 3.75. The lowest BCUT2D eigenvalue weighted by molar-refractivity contribution is 0.379. The van der Waals surface area contributed by atoms with Crippen LogP contribution in [0.2, 0.25) is 0 Å². The second-order valence-corrected chi connectivity index (χ2v) is 6.73. The molecule has 0 saturated heterocycles. The molecule has 1 aromatic carbocycles. The van der Waals surface area contributed by atoms with Gasteiger partial charge in [0.1, 0.15) is 0 Å². The summed E-state index contributed by atoms with van der Waals surface area (Å²) < 4.78 is 7.60. The average Bonchev–Trinajstić information content (AvgIpc) is 2.84. The van der Waals surface area contributed by atoms with Gasteiger partial charge in [-0.05, 0) is 38.4 Å². The van der Waals surface area contributed by atoms with Crippen LogP contribution in [0.5, 0.6) is 5.88 Å². The number of aryl methyl sites for hydroxylation is 1. The highest BCUT2D eigenvalue weighted by molar-refractivity contribution is 5.44. The Kier molecular flexibility index (Phi) is 4.91. The van der Waals surface area contributed by atoms with Crippen molar-refractivity contribution >= 4 is 0 Å². The molecule has 0 aliphatic carbocycles. The minimum absolute atomic E-state index is 0.0346. The zero-order chi connectivity index (χ0) is 16.3. The van der Waals surface area contributed by atoms with Crippen LogP contribution in [0, 0.1) is 6.92 Å². The predicted octanol–water partition coefficient (Wildman–Crippen LogP) is 3.38. The third kappa shape index (κ3) is 3.33. The number of hydrogen-bond acceptors (Lipinski definition) is 3. The highest BCUT2D eigenvalue weighted by Gasteiger charge is 2.27. The summed E-state index contributed by atoms with van der Waals surface area (Å²) in [4.78, 5) is 0. The lowest BCUT2D eigenvalue weighted by Crippen LogP contribution is -2.15. The molecule has 0 saturated carbocycles. The molecule has 0 aliphatic rings. The normalized spacial score (nSPS) is 11.7. The van der Waals surface area contributed by atoms with Gasteiger partial charge in [-0.15, -0.1) is 0 Å². The first-order valence-electron chi connectivity index (χ1n) is 7.82. The van der Waals surface area contributed by atoms with Crippen molar-refractivity contribution < 1.29 is 4.74 Å². The van der Waals surface area contributed by atoms with Crippen molar-refractivity contribution in [2.75, 3.05) is 13.7 Å². The second kappa shape index (κ2) is 6.53. The van der Waals surface area contributed by atoms with Crippen molar-refractivity contribution in [2.24, 2.45) is 5.73 Å². The van der Waals surface area contributed by atoms with Crippen LogP contribution < -0.4 is 10.5 Å². The van der Waals surface area contributed by atoms with Gasteiger partial charge < -0.3 is 10.5 Å². The Bertz CT molecular complexity index is 621. The van der Waals surface area contributed by atoms with Gasteiger partial charge in [0.05, 0.1) is 18.5 Å². The molecule has 120 valence electrons. The van der Waals surface area contributed by atoms with Gasteiger partial charge in [-0.1, -0.05) is 38.5 Å². The fourth-order valence-electron chi connectivity index (χ4n) is 2.61. The number of nitrogens with two attached hydrogens (primary N) is 1. The van der Waals surface area contributed by atoms with Gasteiger partial charge in [0, 0.05) is 11.0 Å². The number of methoxy groups -OCH3 is 1. The van der Waals surface area contributed by atoms with Crippen molar-refractivity contribution in [3.8, 4) is 11.6 Å². The van der Waals surface area contributed by atoms with Crippen LogP contribution in [0.15, 0.2) is 24.3 Å². The van der Waals surface area contributed by atoms with Crippen LogP contribution in [-0.2, 0) is 11.8 Å². The average molecular weight is 301 g/mol. The smallest absolute Gasteiger partial charge is 0.219 e. The van der Waals surface area contributed by atoms with Crippen LogP contribution in [-0.4, -0.2) is 23.4 Å². The Hall–Kier alpha value is -1.81. The highest BCUT2D eigenvalue weighted by Crippen LogP contribution is 2.34. The Morgan fingerprint density at radius 3 is 2.32 bits per heavy atom. The van der Waals surface area contributed by atoms with Gasteiger partial charge in [0.15, 0.2) is 0 Å². The van der Waals surface area contributed by atoms with Gasteiger partial charge >= 0.3 is 0 Å². The topological polar surface area (TPSA) is 53.1 Å². The summed E-state index contributed by atoms with van der Waals surface area (Å²) >= 11 is 0. The molecule has 0 atom stereocenters. The lowest BCUT2D eigenvalue weighted by Gasteiger charge is -2.17. The number of benzene rings is 1. The molecule has 2 aromatic rings. The monoisotopic (exact) mass is 301 g/mol. The van der Waals surface area contributed by atoms with E-state index in [2.05, 4.69) is 52.0 Å². The quantitative estimate of drug-likeness (QED) is 0.921. The fraction of sp³-hybridized carbons (Fsp3) is 0.500. The van der Waals surface area contributed by atoms with Gasteiger partial charge in [-0.25, -0.2) is 4.68 Å². The minimum atomic E-state index is -0.0346. The summed E-state index contributed by atoms with van der Waals surface area (Å²) in [5.74, 6) is 0.822. The first-order chi connectivity index (χ1) is 10.4. The number of hydrogen-bond donors (Lipinski definition) is 1. The molecule has 2 N–H and O–H groups in total. The molecular formula is C18H27N3O. The summed E-state index contributed by atoms with van der Waals surface area (Å²) in [5, 5.41) is 4.86. The second-order valence-electron chi connectivity index (χ2n) is 6.73. The molecule has 4 heteroatoms. The molecular weight excluding hydrogens is 274 g/mol. The lowest BCUT2D eigenvalue weighted by atomic mass is 9.88. The molecule has 0 aliphatic heterocycles. The maximum absolute atomic E-state index is 5.69. The first-order valence-corrected chi connectivity index (χ1v) is 7.82. The SMILES string of the molecule is COc1c(CCCN)c(C(C)(C)C)nn1-c1ccc(C)cc1. The number of aromatic nitrogens is 2. The van der Waals surface area contributed by atoms with E-state index in [4.69, 9.17) is 15.6 Å². The standard InChI is InChI=1S/C18H27N3O/c1-13-8-10-14(11-9-13)21-17(22-5)15(7-6-12-19)16(20-21)18(2,3)4/h8-11H,6-7,12,19H2,1-5H3. The number of nitrogens with zero attached hydrogens (tertiary/aromatic N) is 2. The van der Waals surface area contributed by atoms with E-state index < -0.39 is 0 Å². The molecule has 0 radical (unpaired) electrons. The van der Waals surface area contributed by atoms with Crippen molar-refractivity contribution in [1.82, 2.24) is 9.78 Å². The van der Waals surface area contributed by atoms with Crippen molar-refractivity contribution in [3.05, 3.63) is 41.1 Å². The first kappa shape index (κ1) is 16.6. The molecule has 1 aromatic heterocycles. The Morgan fingerprint density at radius 2 is 1.82 bits per heavy atom. The largest absolute Gasteiger partial charge is 0.481 e. The maximum Gasteiger partial charge on any atom is 0.219 e. The Balaban J connectivity index is 2.59. The van der Waals surface area contributed by atoms with E-state index in [0.717, 1.165) is 30.1 Å². The summed E-state index contributed by atoms with van der Waals surface area (Å²) in [6.07, 6.45) is 1.82. The van der Waals surface area contributed by atoms with E-state index in [1.54, 1.807) is 7.11 Å². The van der Waals surface area contributed by atoms with Crippen molar-refractivity contribution in [2.45, 2.75) is 46.0 Å². The summed E-state index contributed by atoms with van der Waals surface area (Å²) in [6, 6.07) is 8.33. The van der Waals surface area contributed by atoms with Crippen LogP contribution >= 0.6 is 0 Å². The van der Waals surface area contributed by atoms with E-state index in [0.29, 0.717) is 6.54 Å². The molecule has 2 rings (SSSR count). The van der Waals surface area contributed by atoms with Crippen molar-refractivity contribution in [1.29, 1.82) is 0 Å². The van der Waals surface area contributed by atoms with Crippen LogP contribution in [0.25, 0.3) is 5.69 Å². The zero-order valence-electron chi connectivity index (χ0n) is 14.3. The minimum Gasteiger partial charge on any atom is -0.481 e. The molecule has 22 heavy (non-hydrogen) atoms. The van der Waals surface area contributed by atoms with Gasteiger partial charge in [0.25, 0.3) is 0 Å². The third-order valence-electron chi connectivity index (χ3n) is 3.75. The summed E-state index contributed by atoms with van der Waals surface area (Å²) in [5.41, 5.74) is 10.2. The number of ether oxygens (including phenoxy) is 1. The van der Waals surface area contributed by atoms with E-state index in [1.165, 1.54) is 11.1 Å². The summed E-state index contributed by atoms with van der Waals surface area (Å²) in [7, 11) is 1.71. The molecule has 0 bridgehead atoms. The molecule has 0 amide bonds. The zero-order valence-corrected chi connectivity index (χ0v) is 14.3. The molecule has 0 spiro atoms. The molecule has 0 unspecified atom stereocenters. The predicted molar refractivity (Wildman–Crippen MR) is 90.9 cm³/mol. The van der Waals surface area contributed by atoms with E-state index in [9.17, 15) is 0 Å². The van der Waals surface area contributed by atoms with E-state index in [-0.39, 0.29) is 5.41 Å². The van der Waals surface area contributed by atoms with Crippen LogP contribution in [0.1, 0.15) is 44.0 Å². The van der Waals surface area contributed by atoms with E-state index in [1.807, 2.05) is 4.68 Å².